The van der Waals surface area contributed by atoms with E-state index in [4.69, 9.17) is 5.73 Å². The number of nitrogen functional groups attached to an aromatic ring is 1. The van der Waals surface area contributed by atoms with Crippen LogP contribution in [0.15, 0.2) is 3.79 Å². The molecule has 1 aromatic rings. The van der Waals surface area contributed by atoms with Crippen LogP contribution in [0.2, 0.25) is 0 Å². The molecule has 1 aliphatic rings. The molecule has 0 saturated carbocycles. The summed E-state index contributed by atoms with van der Waals surface area (Å²) in [5.41, 5.74) is 8.33. The molecule has 0 radical (unpaired) electrons. The standard InChI is InChI=1S/C10H15BrN2S/c1-6(2)13-4-3-7-8(5-13)14-10(11)9(7)12/h6H,3-5,12H2,1-2H3. The Morgan fingerprint density at radius 2 is 2.21 bits per heavy atom. The predicted molar refractivity (Wildman–Crippen MR) is 65.7 cm³/mol. The summed E-state index contributed by atoms with van der Waals surface area (Å²) in [6.07, 6.45) is 1.10. The minimum Gasteiger partial charge on any atom is -0.397 e. The maximum Gasteiger partial charge on any atom is 0.0933 e. The van der Waals surface area contributed by atoms with E-state index >= 15 is 0 Å². The number of thiophene rings is 1. The van der Waals surface area contributed by atoms with Gasteiger partial charge in [0.2, 0.25) is 0 Å². The summed E-state index contributed by atoms with van der Waals surface area (Å²) >= 11 is 5.30. The SMILES string of the molecule is CC(C)N1CCc2c(sc(Br)c2N)C1. The van der Waals surface area contributed by atoms with Crippen LogP contribution in [0.25, 0.3) is 0 Å². The minimum atomic E-state index is 0.630. The molecule has 0 spiro atoms. The lowest BCUT2D eigenvalue weighted by molar-refractivity contribution is 0.206. The van der Waals surface area contributed by atoms with Gasteiger partial charge in [-0.1, -0.05) is 0 Å². The summed E-state index contributed by atoms with van der Waals surface area (Å²) in [4.78, 5) is 3.93. The Balaban J connectivity index is 2.27. The monoisotopic (exact) mass is 274 g/mol. The van der Waals surface area contributed by atoms with E-state index in [0.29, 0.717) is 6.04 Å². The number of nitrogens with zero attached hydrogens (tertiary/aromatic N) is 1. The fourth-order valence-electron chi connectivity index (χ4n) is 1.86. The van der Waals surface area contributed by atoms with Crippen molar-refractivity contribution in [3.05, 3.63) is 14.2 Å². The number of halogens is 1. The molecule has 2 heterocycles. The molecule has 0 atom stereocenters. The number of anilines is 1. The summed E-state index contributed by atoms with van der Waals surface area (Å²) in [6.45, 7) is 6.69. The van der Waals surface area contributed by atoms with Gasteiger partial charge >= 0.3 is 0 Å². The molecule has 14 heavy (non-hydrogen) atoms. The van der Waals surface area contributed by atoms with Crippen molar-refractivity contribution < 1.29 is 0 Å². The molecule has 0 amide bonds. The molecule has 0 saturated heterocycles. The Morgan fingerprint density at radius 3 is 2.86 bits per heavy atom. The average molecular weight is 275 g/mol. The predicted octanol–water partition coefficient (Wildman–Crippen LogP) is 2.86. The molecule has 2 nitrogen and oxygen atoms in total. The lowest BCUT2D eigenvalue weighted by Gasteiger charge is -2.30. The van der Waals surface area contributed by atoms with Gasteiger partial charge in [-0.15, -0.1) is 11.3 Å². The van der Waals surface area contributed by atoms with Gasteiger partial charge in [0, 0.05) is 24.0 Å². The van der Waals surface area contributed by atoms with Gasteiger partial charge in [-0.05, 0) is 41.8 Å². The van der Waals surface area contributed by atoms with Crippen LogP contribution < -0.4 is 5.73 Å². The van der Waals surface area contributed by atoms with Crippen LogP contribution in [-0.2, 0) is 13.0 Å². The van der Waals surface area contributed by atoms with Crippen LogP contribution in [-0.4, -0.2) is 17.5 Å². The van der Waals surface area contributed by atoms with Crippen LogP contribution >= 0.6 is 27.3 Å². The Labute approximate surface area is 97.2 Å². The summed E-state index contributed by atoms with van der Waals surface area (Å²) in [5, 5.41) is 0. The van der Waals surface area contributed by atoms with E-state index in [1.54, 1.807) is 11.3 Å². The average Bonchev–Trinajstić information content (AvgIpc) is 2.42. The third-order valence-electron chi connectivity index (χ3n) is 2.81. The molecule has 0 aromatic carbocycles. The van der Waals surface area contributed by atoms with Gasteiger partial charge in [0.1, 0.15) is 0 Å². The number of nitrogens with two attached hydrogens (primary N) is 1. The van der Waals surface area contributed by atoms with Gasteiger partial charge < -0.3 is 5.73 Å². The highest BCUT2D eigenvalue weighted by Crippen LogP contribution is 2.38. The highest BCUT2D eigenvalue weighted by Gasteiger charge is 2.23. The molecular weight excluding hydrogens is 260 g/mol. The van der Waals surface area contributed by atoms with Crippen LogP contribution in [0.5, 0.6) is 0 Å². The van der Waals surface area contributed by atoms with Crippen LogP contribution in [0.1, 0.15) is 24.3 Å². The number of hydrogen-bond acceptors (Lipinski definition) is 3. The molecule has 2 rings (SSSR count). The second kappa shape index (κ2) is 3.83. The zero-order valence-electron chi connectivity index (χ0n) is 8.51. The van der Waals surface area contributed by atoms with Crippen molar-refractivity contribution in [3.63, 3.8) is 0 Å². The Bertz CT molecular complexity index is 346. The zero-order chi connectivity index (χ0) is 10.3. The fraction of sp³-hybridized carbons (Fsp3) is 0.600. The van der Waals surface area contributed by atoms with E-state index in [0.717, 1.165) is 29.0 Å². The summed E-state index contributed by atoms with van der Waals surface area (Å²) in [6, 6.07) is 0.630. The highest BCUT2D eigenvalue weighted by atomic mass is 79.9. The zero-order valence-corrected chi connectivity index (χ0v) is 10.9. The van der Waals surface area contributed by atoms with Crippen molar-refractivity contribution in [3.8, 4) is 0 Å². The van der Waals surface area contributed by atoms with E-state index in [2.05, 4.69) is 34.7 Å². The number of rotatable bonds is 1. The van der Waals surface area contributed by atoms with Gasteiger partial charge in [0.25, 0.3) is 0 Å². The van der Waals surface area contributed by atoms with E-state index in [1.807, 2.05) is 0 Å². The minimum absolute atomic E-state index is 0.630. The second-order valence-electron chi connectivity index (χ2n) is 4.01. The summed E-state index contributed by atoms with van der Waals surface area (Å²) in [7, 11) is 0. The molecule has 0 aliphatic carbocycles. The molecule has 1 aromatic heterocycles. The highest BCUT2D eigenvalue weighted by molar-refractivity contribution is 9.11. The van der Waals surface area contributed by atoms with E-state index in [1.165, 1.54) is 10.4 Å². The Hall–Kier alpha value is -0.0600. The van der Waals surface area contributed by atoms with Crippen LogP contribution in [0.4, 0.5) is 5.69 Å². The smallest absolute Gasteiger partial charge is 0.0933 e. The first-order valence-corrected chi connectivity index (χ1v) is 6.50. The van der Waals surface area contributed by atoms with Crippen LogP contribution in [0, 0.1) is 0 Å². The van der Waals surface area contributed by atoms with E-state index < -0.39 is 0 Å². The Morgan fingerprint density at radius 1 is 1.50 bits per heavy atom. The first-order chi connectivity index (χ1) is 6.59. The molecule has 0 unspecified atom stereocenters. The number of fused-ring (bicyclic) bond motifs is 1. The molecule has 0 bridgehead atoms. The lowest BCUT2D eigenvalue weighted by atomic mass is 10.1. The molecule has 0 fully saturated rings. The quantitative estimate of drug-likeness (QED) is 0.854. The summed E-state index contributed by atoms with van der Waals surface area (Å²) < 4.78 is 1.10. The first-order valence-electron chi connectivity index (χ1n) is 4.89. The van der Waals surface area contributed by atoms with Crippen molar-refractivity contribution in [2.45, 2.75) is 32.9 Å². The van der Waals surface area contributed by atoms with Crippen LogP contribution in [0.3, 0.4) is 0 Å². The van der Waals surface area contributed by atoms with Gasteiger partial charge in [-0.3, -0.25) is 4.90 Å². The van der Waals surface area contributed by atoms with Gasteiger partial charge in [0.15, 0.2) is 0 Å². The van der Waals surface area contributed by atoms with Crippen molar-refractivity contribution in [2.24, 2.45) is 0 Å². The fourth-order valence-corrected chi connectivity index (χ4v) is 3.70. The number of hydrogen-bond donors (Lipinski definition) is 1. The molecule has 4 heteroatoms. The maximum atomic E-state index is 5.99. The summed E-state index contributed by atoms with van der Waals surface area (Å²) in [5.74, 6) is 0. The molecule has 1 aliphatic heterocycles. The largest absolute Gasteiger partial charge is 0.397 e. The van der Waals surface area contributed by atoms with Crippen molar-refractivity contribution in [2.75, 3.05) is 12.3 Å². The third-order valence-corrected chi connectivity index (χ3v) is 4.75. The van der Waals surface area contributed by atoms with Crippen molar-refractivity contribution in [1.29, 1.82) is 0 Å². The van der Waals surface area contributed by atoms with Gasteiger partial charge in [-0.2, -0.15) is 0 Å². The van der Waals surface area contributed by atoms with Gasteiger partial charge in [-0.25, -0.2) is 0 Å². The van der Waals surface area contributed by atoms with E-state index in [9.17, 15) is 0 Å². The molecule has 78 valence electrons. The molecule has 2 N–H and O–H groups in total. The third kappa shape index (κ3) is 1.71. The first kappa shape index (κ1) is 10.5. The second-order valence-corrected chi connectivity index (χ2v) is 6.43. The van der Waals surface area contributed by atoms with Crippen molar-refractivity contribution >= 4 is 33.0 Å². The van der Waals surface area contributed by atoms with E-state index in [-0.39, 0.29) is 0 Å². The molecular formula is C10H15BrN2S. The topological polar surface area (TPSA) is 29.3 Å². The normalized spacial score (nSPS) is 17.4. The van der Waals surface area contributed by atoms with Crippen molar-refractivity contribution in [1.82, 2.24) is 4.90 Å². The maximum absolute atomic E-state index is 5.99. The Kier molecular flexibility index (Phi) is 2.86. The lowest BCUT2D eigenvalue weighted by Crippen LogP contribution is -2.35. The van der Waals surface area contributed by atoms with Gasteiger partial charge in [0.05, 0.1) is 9.47 Å².